The van der Waals surface area contributed by atoms with Crippen molar-refractivity contribution in [3.63, 3.8) is 0 Å². The molecule has 0 bridgehead atoms. The fraction of sp³-hybridized carbons (Fsp3) is 0.273. The van der Waals surface area contributed by atoms with E-state index in [2.05, 4.69) is 31.2 Å². The van der Waals surface area contributed by atoms with E-state index in [1.165, 1.54) is 12.1 Å². The third-order valence-corrected chi connectivity index (χ3v) is 6.19. The summed E-state index contributed by atoms with van der Waals surface area (Å²) in [6.07, 6.45) is 0. The Kier molecular flexibility index (Phi) is 4.86. The van der Waals surface area contributed by atoms with Crippen LogP contribution >= 0.6 is 0 Å². The zero-order valence-electron chi connectivity index (χ0n) is 16.5. The molecule has 0 spiro atoms. The molecule has 5 nitrogen and oxygen atoms in total. The third kappa shape index (κ3) is 3.87. The first-order valence-electron chi connectivity index (χ1n) is 9.36. The van der Waals surface area contributed by atoms with Gasteiger partial charge in [-0.3, -0.25) is 9.00 Å². The van der Waals surface area contributed by atoms with E-state index in [4.69, 9.17) is 0 Å². The second-order valence-corrected chi connectivity index (χ2v) is 9.63. The molecule has 1 atom stereocenters. The monoisotopic (exact) mass is 411 g/mol. The molecular formula is C22H22FN3O2S. The zero-order valence-corrected chi connectivity index (χ0v) is 17.3. The molecule has 2 heterocycles. The molecule has 4 rings (SSSR count). The number of fused-ring (bicyclic) bond motifs is 1. The van der Waals surface area contributed by atoms with Gasteiger partial charge in [0.2, 0.25) is 0 Å². The number of aromatic nitrogens is 2. The lowest BCUT2D eigenvalue weighted by molar-refractivity contribution is 0.102. The van der Waals surface area contributed by atoms with Gasteiger partial charge in [-0.25, -0.2) is 9.07 Å². The van der Waals surface area contributed by atoms with Crippen LogP contribution in [0, 0.1) is 5.82 Å². The van der Waals surface area contributed by atoms with E-state index >= 15 is 0 Å². The van der Waals surface area contributed by atoms with Crippen molar-refractivity contribution in [2.24, 2.45) is 0 Å². The molecule has 29 heavy (non-hydrogen) atoms. The Morgan fingerprint density at radius 1 is 1.07 bits per heavy atom. The van der Waals surface area contributed by atoms with Crippen LogP contribution in [-0.2, 0) is 27.7 Å². The van der Waals surface area contributed by atoms with Crippen molar-refractivity contribution >= 4 is 22.5 Å². The van der Waals surface area contributed by atoms with E-state index in [9.17, 15) is 13.4 Å². The number of carbonyl (C=O) groups is 1. The molecule has 2 aromatic carbocycles. The fourth-order valence-electron chi connectivity index (χ4n) is 3.33. The molecule has 0 saturated heterocycles. The number of hydrogen-bond acceptors (Lipinski definition) is 3. The Morgan fingerprint density at radius 3 is 2.34 bits per heavy atom. The maximum Gasteiger partial charge on any atom is 0.256 e. The molecule has 7 heteroatoms. The molecule has 0 radical (unpaired) electrons. The SMILES string of the molecule is CC(C)(C)c1ccc(C(=O)Nc2c3c(nn2-c2ccc(F)cc2)CS(=O)C3)cc1. The normalized spacial score (nSPS) is 15.9. The second kappa shape index (κ2) is 7.22. The highest BCUT2D eigenvalue weighted by Gasteiger charge is 2.28. The quantitative estimate of drug-likeness (QED) is 0.698. The van der Waals surface area contributed by atoms with Gasteiger partial charge in [-0.1, -0.05) is 32.9 Å². The number of rotatable bonds is 3. The summed E-state index contributed by atoms with van der Waals surface area (Å²) in [5, 5.41) is 7.45. The van der Waals surface area contributed by atoms with Crippen LogP contribution in [0.25, 0.3) is 5.69 Å². The largest absolute Gasteiger partial charge is 0.306 e. The maximum absolute atomic E-state index is 13.3. The summed E-state index contributed by atoms with van der Waals surface area (Å²) in [5.74, 6) is 0.567. The number of nitrogens with one attached hydrogen (secondary N) is 1. The minimum atomic E-state index is -1.03. The zero-order chi connectivity index (χ0) is 20.8. The first-order valence-corrected chi connectivity index (χ1v) is 10.8. The highest BCUT2D eigenvalue weighted by Crippen LogP contribution is 2.32. The van der Waals surface area contributed by atoms with Gasteiger partial charge in [-0.05, 0) is 47.4 Å². The van der Waals surface area contributed by atoms with Crippen molar-refractivity contribution in [2.75, 3.05) is 5.32 Å². The molecular weight excluding hydrogens is 389 g/mol. The van der Waals surface area contributed by atoms with Crippen molar-refractivity contribution in [3.05, 3.63) is 76.7 Å². The molecule has 1 N–H and O–H groups in total. The standard InChI is InChI=1S/C22H22FN3O2S/c1-22(2,3)15-6-4-14(5-7-15)21(27)24-20-18-12-29(28)13-19(18)25-26(20)17-10-8-16(23)9-11-17/h4-11H,12-13H2,1-3H3,(H,24,27). The Bertz CT molecular complexity index is 1100. The van der Waals surface area contributed by atoms with Gasteiger partial charge in [0.25, 0.3) is 5.91 Å². The van der Waals surface area contributed by atoms with Gasteiger partial charge in [0, 0.05) is 21.9 Å². The highest BCUT2D eigenvalue weighted by molar-refractivity contribution is 7.83. The van der Waals surface area contributed by atoms with Crippen LogP contribution in [0.15, 0.2) is 48.5 Å². The van der Waals surface area contributed by atoms with Crippen LogP contribution in [0.1, 0.15) is 48.0 Å². The molecule has 0 fully saturated rings. The molecule has 1 aromatic heterocycles. The fourth-order valence-corrected chi connectivity index (χ4v) is 4.59. The van der Waals surface area contributed by atoms with Gasteiger partial charge < -0.3 is 5.32 Å². The summed E-state index contributed by atoms with van der Waals surface area (Å²) in [4.78, 5) is 12.9. The number of carbonyl (C=O) groups excluding carboxylic acids is 1. The molecule has 1 unspecified atom stereocenters. The summed E-state index contributed by atoms with van der Waals surface area (Å²) in [5.41, 5.74) is 3.77. The average molecular weight is 412 g/mol. The molecule has 3 aromatic rings. The van der Waals surface area contributed by atoms with E-state index < -0.39 is 10.8 Å². The Labute approximate surface area is 171 Å². The van der Waals surface area contributed by atoms with E-state index in [-0.39, 0.29) is 17.1 Å². The summed E-state index contributed by atoms with van der Waals surface area (Å²) >= 11 is 0. The Morgan fingerprint density at radius 2 is 1.72 bits per heavy atom. The molecule has 1 aliphatic rings. The molecule has 0 saturated carbocycles. The molecule has 1 amide bonds. The van der Waals surface area contributed by atoms with Crippen LogP contribution in [0.5, 0.6) is 0 Å². The average Bonchev–Trinajstić information content (AvgIpc) is 3.19. The third-order valence-electron chi connectivity index (χ3n) is 4.99. The topological polar surface area (TPSA) is 64.0 Å². The van der Waals surface area contributed by atoms with Crippen LogP contribution < -0.4 is 5.32 Å². The number of hydrogen-bond donors (Lipinski definition) is 1. The van der Waals surface area contributed by atoms with Crippen molar-refractivity contribution in [1.29, 1.82) is 0 Å². The van der Waals surface area contributed by atoms with E-state index in [1.54, 1.807) is 28.9 Å². The Balaban J connectivity index is 1.68. The van der Waals surface area contributed by atoms with E-state index in [0.29, 0.717) is 34.3 Å². The molecule has 150 valence electrons. The van der Waals surface area contributed by atoms with E-state index in [0.717, 1.165) is 11.1 Å². The van der Waals surface area contributed by atoms with Crippen LogP contribution in [0.3, 0.4) is 0 Å². The van der Waals surface area contributed by atoms with Gasteiger partial charge in [0.05, 0.1) is 22.9 Å². The minimum Gasteiger partial charge on any atom is -0.306 e. The summed E-state index contributed by atoms with van der Waals surface area (Å²) in [6, 6.07) is 13.4. The molecule has 1 aliphatic heterocycles. The lowest BCUT2D eigenvalue weighted by Crippen LogP contribution is -2.17. The lowest BCUT2D eigenvalue weighted by Gasteiger charge is -2.19. The highest BCUT2D eigenvalue weighted by atomic mass is 32.2. The van der Waals surface area contributed by atoms with Gasteiger partial charge in [-0.2, -0.15) is 5.10 Å². The van der Waals surface area contributed by atoms with E-state index in [1.807, 2.05) is 12.1 Å². The van der Waals surface area contributed by atoms with Gasteiger partial charge in [0.1, 0.15) is 11.6 Å². The predicted octanol–water partition coefficient (Wildman–Crippen LogP) is 4.32. The maximum atomic E-state index is 13.3. The predicted molar refractivity (Wildman–Crippen MR) is 112 cm³/mol. The van der Waals surface area contributed by atoms with Crippen LogP contribution in [-0.4, -0.2) is 19.9 Å². The van der Waals surface area contributed by atoms with Crippen molar-refractivity contribution < 1.29 is 13.4 Å². The summed E-state index contributed by atoms with van der Waals surface area (Å²) in [7, 11) is -1.03. The summed E-state index contributed by atoms with van der Waals surface area (Å²) < 4.78 is 26.9. The first-order chi connectivity index (χ1) is 13.7. The Hall–Kier alpha value is -2.80. The molecule has 0 aliphatic carbocycles. The second-order valence-electron chi connectivity index (χ2n) is 8.17. The van der Waals surface area contributed by atoms with Crippen LogP contribution in [0.2, 0.25) is 0 Å². The smallest absolute Gasteiger partial charge is 0.256 e. The van der Waals surface area contributed by atoms with Gasteiger partial charge >= 0.3 is 0 Å². The number of halogens is 1. The minimum absolute atomic E-state index is 0.00109. The summed E-state index contributed by atoms with van der Waals surface area (Å²) in [6.45, 7) is 6.35. The lowest BCUT2D eigenvalue weighted by atomic mass is 9.87. The van der Waals surface area contributed by atoms with Crippen molar-refractivity contribution in [2.45, 2.75) is 37.7 Å². The number of benzene rings is 2. The van der Waals surface area contributed by atoms with Gasteiger partial charge in [0.15, 0.2) is 0 Å². The number of nitrogens with zero attached hydrogens (tertiary/aromatic N) is 2. The first kappa shape index (κ1) is 19.5. The van der Waals surface area contributed by atoms with Crippen molar-refractivity contribution in [1.82, 2.24) is 9.78 Å². The van der Waals surface area contributed by atoms with Crippen molar-refractivity contribution in [3.8, 4) is 5.69 Å². The number of amides is 1. The van der Waals surface area contributed by atoms with Crippen LogP contribution in [0.4, 0.5) is 10.2 Å². The number of anilines is 1. The van der Waals surface area contributed by atoms with Gasteiger partial charge in [-0.15, -0.1) is 0 Å².